The molecule has 122 valence electrons. The van der Waals surface area contributed by atoms with Crippen molar-refractivity contribution in [2.45, 2.75) is 10.6 Å². The van der Waals surface area contributed by atoms with Crippen molar-refractivity contribution in [3.8, 4) is 23.0 Å². The highest BCUT2D eigenvalue weighted by atomic mass is 32.2. The van der Waals surface area contributed by atoms with Crippen LogP contribution in [0.4, 0.5) is 0 Å². The minimum absolute atomic E-state index is 0.0750. The van der Waals surface area contributed by atoms with Crippen LogP contribution < -0.4 is 14.2 Å². The second-order valence-electron chi connectivity index (χ2n) is 4.61. The monoisotopic (exact) mass is 334 g/mol. The molecular weight excluding hydrogens is 316 g/mol. The van der Waals surface area contributed by atoms with Crippen molar-refractivity contribution >= 4 is 18.0 Å². The summed E-state index contributed by atoms with van der Waals surface area (Å²) in [5.41, 5.74) is 1.27. The number of phenols is 1. The number of phenolic OH excluding ortho intramolecular Hbond substituents is 1. The van der Waals surface area contributed by atoms with Gasteiger partial charge in [0.2, 0.25) is 0 Å². The summed E-state index contributed by atoms with van der Waals surface area (Å²) in [5.74, 6) is 2.41. The molecule has 2 rings (SSSR count). The van der Waals surface area contributed by atoms with Crippen LogP contribution in [0.5, 0.6) is 23.0 Å². The number of thioether (sulfide) groups is 1. The molecule has 5 nitrogen and oxygen atoms in total. The molecule has 2 aromatic rings. The fourth-order valence-corrected chi connectivity index (χ4v) is 3.23. The highest BCUT2D eigenvalue weighted by Crippen LogP contribution is 2.40. The maximum Gasteiger partial charge on any atom is 0.151 e. The Bertz CT molecular complexity index is 674. The SMILES string of the molecule is COc1cc(OC)c(CSc2c(O)cccc2C=O)c(OC)c1. The van der Waals surface area contributed by atoms with E-state index in [1.165, 1.54) is 11.8 Å². The molecule has 0 saturated carbocycles. The number of hydrogen-bond donors (Lipinski definition) is 1. The predicted molar refractivity (Wildman–Crippen MR) is 89.2 cm³/mol. The van der Waals surface area contributed by atoms with Crippen LogP contribution in [-0.2, 0) is 5.75 Å². The summed E-state index contributed by atoms with van der Waals surface area (Å²) in [6, 6.07) is 8.39. The molecule has 0 fully saturated rings. The van der Waals surface area contributed by atoms with E-state index in [4.69, 9.17) is 14.2 Å². The standard InChI is InChI=1S/C17H18O5S/c1-20-12-7-15(21-2)13(16(8-12)22-3)10-23-17-11(9-18)5-4-6-14(17)19/h4-9,19H,10H2,1-3H3. The van der Waals surface area contributed by atoms with Crippen molar-refractivity contribution in [2.75, 3.05) is 21.3 Å². The average molecular weight is 334 g/mol. The summed E-state index contributed by atoms with van der Waals surface area (Å²) in [5, 5.41) is 9.97. The molecule has 0 unspecified atom stereocenters. The molecule has 0 bridgehead atoms. The highest BCUT2D eigenvalue weighted by molar-refractivity contribution is 7.98. The maximum absolute atomic E-state index is 11.1. The van der Waals surface area contributed by atoms with Gasteiger partial charge in [-0.3, -0.25) is 4.79 Å². The lowest BCUT2D eigenvalue weighted by Gasteiger charge is -2.15. The normalized spacial score (nSPS) is 10.2. The van der Waals surface area contributed by atoms with Crippen molar-refractivity contribution in [1.82, 2.24) is 0 Å². The molecule has 0 aromatic heterocycles. The molecule has 0 spiro atoms. The van der Waals surface area contributed by atoms with Crippen LogP contribution in [0.2, 0.25) is 0 Å². The average Bonchev–Trinajstić information content (AvgIpc) is 2.59. The first-order valence-electron chi connectivity index (χ1n) is 6.83. The number of aldehydes is 1. The van der Waals surface area contributed by atoms with Gasteiger partial charge in [0.1, 0.15) is 23.0 Å². The van der Waals surface area contributed by atoms with Gasteiger partial charge >= 0.3 is 0 Å². The quantitative estimate of drug-likeness (QED) is 0.617. The van der Waals surface area contributed by atoms with Crippen LogP contribution in [0.3, 0.4) is 0 Å². The van der Waals surface area contributed by atoms with Crippen molar-refractivity contribution in [3.63, 3.8) is 0 Å². The molecule has 0 aliphatic rings. The zero-order chi connectivity index (χ0) is 16.8. The van der Waals surface area contributed by atoms with E-state index in [0.29, 0.717) is 33.5 Å². The molecule has 0 atom stereocenters. The van der Waals surface area contributed by atoms with Gasteiger partial charge in [0.25, 0.3) is 0 Å². The van der Waals surface area contributed by atoms with Gasteiger partial charge in [0.05, 0.1) is 26.2 Å². The van der Waals surface area contributed by atoms with E-state index in [0.717, 1.165) is 11.8 Å². The van der Waals surface area contributed by atoms with E-state index in [2.05, 4.69) is 0 Å². The number of hydrogen-bond acceptors (Lipinski definition) is 6. The Balaban J connectivity index is 2.35. The van der Waals surface area contributed by atoms with Gasteiger partial charge in [-0.15, -0.1) is 11.8 Å². The van der Waals surface area contributed by atoms with Crippen molar-refractivity contribution in [1.29, 1.82) is 0 Å². The van der Waals surface area contributed by atoms with E-state index in [-0.39, 0.29) is 5.75 Å². The van der Waals surface area contributed by atoms with Crippen LogP contribution >= 0.6 is 11.8 Å². The van der Waals surface area contributed by atoms with E-state index >= 15 is 0 Å². The smallest absolute Gasteiger partial charge is 0.151 e. The first-order valence-corrected chi connectivity index (χ1v) is 7.82. The largest absolute Gasteiger partial charge is 0.507 e. The second kappa shape index (κ2) is 7.78. The summed E-state index contributed by atoms with van der Waals surface area (Å²) in [6.07, 6.45) is 0.727. The fourth-order valence-electron chi connectivity index (χ4n) is 2.16. The Morgan fingerprint density at radius 1 is 1.09 bits per heavy atom. The zero-order valence-corrected chi connectivity index (χ0v) is 14.0. The minimum atomic E-state index is 0.0750. The van der Waals surface area contributed by atoms with E-state index in [1.54, 1.807) is 51.7 Å². The number of methoxy groups -OCH3 is 3. The van der Waals surface area contributed by atoms with Crippen LogP contribution in [-0.4, -0.2) is 32.7 Å². The maximum atomic E-state index is 11.1. The Labute approximate surface area is 139 Å². The van der Waals surface area contributed by atoms with Crippen LogP contribution in [0.25, 0.3) is 0 Å². The molecule has 0 heterocycles. The lowest BCUT2D eigenvalue weighted by atomic mass is 10.2. The molecule has 6 heteroatoms. The molecule has 2 aromatic carbocycles. The number of carbonyl (C=O) groups is 1. The topological polar surface area (TPSA) is 65.0 Å². The number of ether oxygens (including phenoxy) is 3. The number of carbonyl (C=O) groups excluding carboxylic acids is 1. The molecule has 0 radical (unpaired) electrons. The highest BCUT2D eigenvalue weighted by Gasteiger charge is 2.16. The van der Waals surface area contributed by atoms with Gasteiger partial charge in [-0.05, 0) is 6.07 Å². The Morgan fingerprint density at radius 2 is 1.74 bits per heavy atom. The summed E-state index contributed by atoms with van der Waals surface area (Å²) in [4.78, 5) is 11.7. The molecule has 23 heavy (non-hydrogen) atoms. The van der Waals surface area contributed by atoms with Gasteiger partial charge in [0.15, 0.2) is 6.29 Å². The fraction of sp³-hybridized carbons (Fsp3) is 0.235. The van der Waals surface area contributed by atoms with Crippen molar-refractivity contribution in [2.24, 2.45) is 0 Å². The lowest BCUT2D eigenvalue weighted by Crippen LogP contribution is -1.98. The third-order valence-electron chi connectivity index (χ3n) is 3.33. The van der Waals surface area contributed by atoms with E-state index in [1.807, 2.05) is 0 Å². The van der Waals surface area contributed by atoms with Gasteiger partial charge in [-0.1, -0.05) is 12.1 Å². The van der Waals surface area contributed by atoms with E-state index in [9.17, 15) is 9.90 Å². The third kappa shape index (κ3) is 3.71. The van der Waals surface area contributed by atoms with Gasteiger partial charge in [-0.25, -0.2) is 0 Å². The second-order valence-corrected chi connectivity index (χ2v) is 5.60. The minimum Gasteiger partial charge on any atom is -0.507 e. The first-order chi connectivity index (χ1) is 11.1. The lowest BCUT2D eigenvalue weighted by molar-refractivity contribution is 0.112. The first kappa shape index (κ1) is 17.0. The summed E-state index contributed by atoms with van der Waals surface area (Å²) >= 11 is 1.34. The molecule has 0 aliphatic heterocycles. The molecule has 0 amide bonds. The third-order valence-corrected chi connectivity index (χ3v) is 4.50. The summed E-state index contributed by atoms with van der Waals surface area (Å²) in [7, 11) is 4.71. The Kier molecular flexibility index (Phi) is 5.76. The Morgan fingerprint density at radius 3 is 2.26 bits per heavy atom. The van der Waals surface area contributed by atoms with Crippen LogP contribution in [0, 0.1) is 0 Å². The van der Waals surface area contributed by atoms with Gasteiger partial charge in [-0.2, -0.15) is 0 Å². The molecule has 0 aliphatic carbocycles. The van der Waals surface area contributed by atoms with Crippen molar-refractivity contribution in [3.05, 3.63) is 41.5 Å². The molecule has 1 N–H and O–H groups in total. The van der Waals surface area contributed by atoms with E-state index < -0.39 is 0 Å². The number of rotatable bonds is 7. The van der Waals surface area contributed by atoms with Gasteiger partial charge < -0.3 is 19.3 Å². The number of benzene rings is 2. The predicted octanol–water partition coefficient (Wildman–Crippen LogP) is 3.52. The van der Waals surface area contributed by atoms with Crippen LogP contribution in [0.1, 0.15) is 15.9 Å². The van der Waals surface area contributed by atoms with Crippen LogP contribution in [0.15, 0.2) is 35.2 Å². The zero-order valence-electron chi connectivity index (χ0n) is 13.2. The van der Waals surface area contributed by atoms with Gasteiger partial charge in [0, 0.05) is 29.0 Å². The summed E-state index contributed by atoms with van der Waals surface area (Å²) < 4.78 is 16.0. The number of aromatic hydroxyl groups is 1. The Hall–Kier alpha value is -2.34. The molecular formula is C17H18O5S. The molecule has 0 saturated heterocycles. The summed E-state index contributed by atoms with van der Waals surface area (Å²) in [6.45, 7) is 0. The van der Waals surface area contributed by atoms with Crippen molar-refractivity contribution < 1.29 is 24.1 Å².